The number of hydrogen-bond donors (Lipinski definition) is 2. The lowest BCUT2D eigenvalue weighted by Gasteiger charge is -2.35. The average Bonchev–Trinajstić information content (AvgIpc) is 3.11. The Morgan fingerprint density at radius 1 is 1.11 bits per heavy atom. The van der Waals surface area contributed by atoms with Gasteiger partial charge in [-0.05, 0) is 29.3 Å². The molecule has 134 valence electrons. The number of carbonyl (C=O) groups is 2. The Morgan fingerprint density at radius 3 is 2.67 bits per heavy atom. The van der Waals surface area contributed by atoms with Crippen molar-refractivity contribution in [2.75, 3.05) is 6.54 Å². The van der Waals surface area contributed by atoms with Gasteiger partial charge < -0.3 is 15.2 Å². The van der Waals surface area contributed by atoms with Crippen LogP contribution in [0, 0.1) is 11.3 Å². The maximum Gasteiger partial charge on any atom is 0.243 e. The highest BCUT2D eigenvalue weighted by Gasteiger charge is 2.34. The van der Waals surface area contributed by atoms with E-state index in [9.17, 15) is 9.59 Å². The average molecular weight is 358 g/mol. The third-order valence-electron chi connectivity index (χ3n) is 4.94. The number of hydrogen-bond acceptors (Lipinski definition) is 3. The zero-order valence-corrected chi connectivity index (χ0v) is 14.6. The van der Waals surface area contributed by atoms with Crippen LogP contribution in [0.4, 0.5) is 0 Å². The summed E-state index contributed by atoms with van der Waals surface area (Å²) in [4.78, 5) is 29.9. The second kappa shape index (κ2) is 6.96. The summed E-state index contributed by atoms with van der Waals surface area (Å²) in [5, 5.41) is 12.7. The van der Waals surface area contributed by atoms with Crippen molar-refractivity contribution in [2.24, 2.45) is 0 Å². The highest BCUT2D eigenvalue weighted by atomic mass is 16.2. The zero-order chi connectivity index (χ0) is 18.8. The Morgan fingerprint density at radius 2 is 1.89 bits per heavy atom. The Labute approximate surface area is 156 Å². The molecule has 1 atom stereocenters. The molecule has 0 bridgehead atoms. The number of aromatic nitrogens is 1. The van der Waals surface area contributed by atoms with Gasteiger partial charge in [0.25, 0.3) is 0 Å². The number of fused-ring (bicyclic) bond motifs is 1. The van der Waals surface area contributed by atoms with Crippen LogP contribution in [-0.4, -0.2) is 34.3 Å². The first-order valence-electron chi connectivity index (χ1n) is 8.77. The lowest BCUT2D eigenvalue weighted by Crippen LogP contribution is -2.58. The monoisotopic (exact) mass is 358 g/mol. The van der Waals surface area contributed by atoms with Gasteiger partial charge in [-0.2, -0.15) is 5.26 Å². The summed E-state index contributed by atoms with van der Waals surface area (Å²) >= 11 is 0. The zero-order valence-electron chi connectivity index (χ0n) is 14.6. The van der Waals surface area contributed by atoms with E-state index in [-0.39, 0.29) is 18.4 Å². The van der Waals surface area contributed by atoms with Gasteiger partial charge in [0.1, 0.15) is 6.04 Å². The second-order valence-corrected chi connectivity index (χ2v) is 6.63. The fraction of sp³-hybridized carbons (Fsp3) is 0.190. The number of piperazine rings is 1. The summed E-state index contributed by atoms with van der Waals surface area (Å²) in [5.41, 5.74) is 3.47. The van der Waals surface area contributed by atoms with E-state index >= 15 is 0 Å². The minimum Gasteiger partial charge on any atom is -0.361 e. The van der Waals surface area contributed by atoms with E-state index in [2.05, 4.69) is 16.4 Å². The van der Waals surface area contributed by atoms with Gasteiger partial charge in [-0.3, -0.25) is 9.59 Å². The lowest BCUT2D eigenvalue weighted by molar-refractivity contribution is -0.146. The molecule has 4 rings (SSSR count). The lowest BCUT2D eigenvalue weighted by atomic mass is 10.0. The molecule has 2 amide bonds. The van der Waals surface area contributed by atoms with Gasteiger partial charge in [0, 0.05) is 30.1 Å². The first-order valence-corrected chi connectivity index (χ1v) is 8.77. The van der Waals surface area contributed by atoms with Crippen LogP contribution in [0.3, 0.4) is 0 Å². The molecule has 0 saturated carbocycles. The number of nitrogens with zero attached hydrogens (tertiary/aromatic N) is 2. The summed E-state index contributed by atoms with van der Waals surface area (Å²) in [5.74, 6) is -0.252. The highest BCUT2D eigenvalue weighted by molar-refractivity contribution is 5.95. The normalized spacial score (nSPS) is 17.0. The molecule has 1 aliphatic rings. The molecule has 0 radical (unpaired) electrons. The predicted octanol–water partition coefficient (Wildman–Crippen LogP) is 2.11. The number of benzene rings is 2. The van der Waals surface area contributed by atoms with Crippen LogP contribution < -0.4 is 5.32 Å². The van der Waals surface area contributed by atoms with E-state index < -0.39 is 6.04 Å². The van der Waals surface area contributed by atoms with Crippen molar-refractivity contribution < 1.29 is 9.59 Å². The molecule has 1 saturated heterocycles. The van der Waals surface area contributed by atoms with Crippen LogP contribution in [0.5, 0.6) is 0 Å². The number of carbonyl (C=O) groups excluding carboxylic acids is 2. The van der Waals surface area contributed by atoms with Crippen molar-refractivity contribution in [3.8, 4) is 6.07 Å². The van der Waals surface area contributed by atoms with Gasteiger partial charge in [-0.1, -0.05) is 30.3 Å². The molecule has 0 spiro atoms. The molecule has 1 fully saturated rings. The van der Waals surface area contributed by atoms with Crippen LogP contribution in [0.15, 0.2) is 54.7 Å². The maximum absolute atomic E-state index is 12.5. The Bertz CT molecular complexity index is 1050. The number of H-pyrrole nitrogens is 1. The van der Waals surface area contributed by atoms with E-state index in [1.165, 1.54) is 0 Å². The number of nitriles is 1. The molecule has 2 N–H and O–H groups in total. The molecule has 1 aliphatic heterocycles. The molecule has 2 heterocycles. The summed E-state index contributed by atoms with van der Waals surface area (Å²) in [6.45, 7) is 0.352. The van der Waals surface area contributed by atoms with Crippen molar-refractivity contribution in [2.45, 2.75) is 19.0 Å². The van der Waals surface area contributed by atoms with E-state index in [1.54, 1.807) is 17.0 Å². The number of para-hydroxylation sites is 1. The van der Waals surface area contributed by atoms with Crippen LogP contribution in [0.1, 0.15) is 16.7 Å². The Balaban J connectivity index is 1.62. The van der Waals surface area contributed by atoms with Gasteiger partial charge in [-0.15, -0.1) is 0 Å². The van der Waals surface area contributed by atoms with Crippen LogP contribution in [0.2, 0.25) is 0 Å². The first kappa shape index (κ1) is 16.9. The maximum atomic E-state index is 12.5. The molecule has 0 aliphatic carbocycles. The molecule has 3 aromatic rings. The number of nitrogens with one attached hydrogen (secondary N) is 2. The minimum absolute atomic E-state index is 0.0134. The van der Waals surface area contributed by atoms with Gasteiger partial charge >= 0.3 is 0 Å². The smallest absolute Gasteiger partial charge is 0.243 e. The van der Waals surface area contributed by atoms with Crippen LogP contribution >= 0.6 is 0 Å². The van der Waals surface area contributed by atoms with Gasteiger partial charge in [0.15, 0.2) is 0 Å². The number of rotatable bonds is 4. The van der Waals surface area contributed by atoms with E-state index in [1.807, 2.05) is 42.6 Å². The fourth-order valence-electron chi connectivity index (χ4n) is 3.49. The largest absolute Gasteiger partial charge is 0.361 e. The van der Waals surface area contributed by atoms with Crippen molar-refractivity contribution >= 4 is 22.7 Å². The summed E-state index contributed by atoms with van der Waals surface area (Å²) in [7, 11) is 0. The molecule has 6 nitrogen and oxygen atoms in total. The van der Waals surface area contributed by atoms with Crippen molar-refractivity contribution in [1.82, 2.24) is 15.2 Å². The second-order valence-electron chi connectivity index (χ2n) is 6.63. The fourth-order valence-corrected chi connectivity index (χ4v) is 3.49. The van der Waals surface area contributed by atoms with Crippen molar-refractivity contribution in [3.05, 3.63) is 71.4 Å². The minimum atomic E-state index is -0.568. The third-order valence-corrected chi connectivity index (χ3v) is 4.94. The number of amides is 2. The topological polar surface area (TPSA) is 89.0 Å². The standard InChI is InChI=1S/C21H18N4O2/c22-10-14-5-7-15(8-6-14)13-25-19(21(27)24-12-20(25)26)9-16-11-23-18-4-2-1-3-17(16)18/h1-8,11,19,23H,9,12-13H2,(H,24,27)/t19-/m1/s1. The highest BCUT2D eigenvalue weighted by Crippen LogP contribution is 2.22. The van der Waals surface area contributed by atoms with Crippen molar-refractivity contribution in [3.63, 3.8) is 0 Å². The molecule has 1 aromatic heterocycles. The summed E-state index contributed by atoms with van der Waals surface area (Å²) in [6.07, 6.45) is 2.34. The Hall–Kier alpha value is -3.59. The SMILES string of the molecule is N#Cc1ccc(CN2C(=O)CNC(=O)[C@H]2Cc2c[nH]c3ccccc23)cc1. The molecular weight excluding hydrogens is 340 g/mol. The first-order chi connectivity index (χ1) is 13.2. The van der Waals surface area contributed by atoms with Gasteiger partial charge in [-0.25, -0.2) is 0 Å². The molecule has 27 heavy (non-hydrogen) atoms. The van der Waals surface area contributed by atoms with Crippen molar-refractivity contribution in [1.29, 1.82) is 5.26 Å². The van der Waals surface area contributed by atoms with E-state index in [0.717, 1.165) is 22.0 Å². The number of aromatic amines is 1. The van der Waals surface area contributed by atoms with E-state index in [0.29, 0.717) is 18.5 Å². The summed E-state index contributed by atoms with van der Waals surface area (Å²) < 4.78 is 0. The van der Waals surface area contributed by atoms with Crippen LogP contribution in [-0.2, 0) is 22.6 Å². The molecular formula is C21H18N4O2. The van der Waals surface area contributed by atoms with E-state index in [4.69, 9.17) is 5.26 Å². The Kier molecular flexibility index (Phi) is 4.35. The summed E-state index contributed by atoms with van der Waals surface area (Å²) in [6, 6.07) is 16.5. The predicted molar refractivity (Wildman–Crippen MR) is 101 cm³/mol. The molecule has 6 heteroatoms. The molecule has 0 unspecified atom stereocenters. The van der Waals surface area contributed by atoms with Gasteiger partial charge in [0.05, 0.1) is 18.2 Å². The van der Waals surface area contributed by atoms with Gasteiger partial charge in [0.2, 0.25) is 11.8 Å². The molecule has 2 aromatic carbocycles. The third kappa shape index (κ3) is 3.27. The quantitative estimate of drug-likeness (QED) is 0.749. The van der Waals surface area contributed by atoms with Crippen LogP contribution in [0.25, 0.3) is 10.9 Å².